The molecule has 6 heteroatoms. The monoisotopic (exact) mass is 282 g/mol. The van der Waals surface area contributed by atoms with Crippen LogP contribution < -0.4 is 0 Å². The van der Waals surface area contributed by atoms with Crippen LogP contribution in [-0.4, -0.2) is 39.7 Å². The van der Waals surface area contributed by atoms with Gasteiger partial charge in [-0.3, -0.25) is 9.63 Å². The molecule has 3 aromatic rings. The molecule has 0 aliphatic carbocycles. The van der Waals surface area contributed by atoms with Gasteiger partial charge in [0.1, 0.15) is 0 Å². The Kier molecular flexibility index (Phi) is 3.37. The van der Waals surface area contributed by atoms with Crippen molar-refractivity contribution in [1.29, 1.82) is 0 Å². The summed E-state index contributed by atoms with van der Waals surface area (Å²) < 4.78 is 1.57. The topological polar surface area (TPSA) is 59.7 Å². The second-order valence-electron chi connectivity index (χ2n) is 4.49. The number of amides is 1. The fourth-order valence-electron chi connectivity index (χ4n) is 2.08. The SMILES string of the molecule is CON(C)C(=O)c1cn2nccc2nc1-c1ccccc1. The molecule has 21 heavy (non-hydrogen) atoms. The van der Waals surface area contributed by atoms with Gasteiger partial charge in [-0.15, -0.1) is 0 Å². The Hall–Kier alpha value is -2.73. The van der Waals surface area contributed by atoms with Crippen LogP contribution in [0.15, 0.2) is 48.8 Å². The zero-order valence-corrected chi connectivity index (χ0v) is 11.7. The Morgan fingerprint density at radius 3 is 2.71 bits per heavy atom. The molecular formula is C15H14N4O2. The van der Waals surface area contributed by atoms with Crippen LogP contribution in [0.1, 0.15) is 10.4 Å². The van der Waals surface area contributed by atoms with Gasteiger partial charge >= 0.3 is 0 Å². The van der Waals surface area contributed by atoms with E-state index >= 15 is 0 Å². The smallest absolute Gasteiger partial charge is 0.274 e. The molecule has 0 atom stereocenters. The van der Waals surface area contributed by atoms with Gasteiger partial charge in [0.2, 0.25) is 0 Å². The third-order valence-electron chi connectivity index (χ3n) is 3.22. The van der Waals surface area contributed by atoms with Gasteiger partial charge in [0.15, 0.2) is 5.65 Å². The summed E-state index contributed by atoms with van der Waals surface area (Å²) in [4.78, 5) is 22.0. The minimum absolute atomic E-state index is 0.277. The summed E-state index contributed by atoms with van der Waals surface area (Å²) in [5.41, 5.74) is 2.60. The zero-order valence-electron chi connectivity index (χ0n) is 11.7. The number of fused-ring (bicyclic) bond motifs is 1. The molecule has 0 saturated carbocycles. The molecule has 0 radical (unpaired) electrons. The van der Waals surface area contributed by atoms with Crippen LogP contribution in [0.25, 0.3) is 16.9 Å². The van der Waals surface area contributed by atoms with Crippen molar-refractivity contribution in [2.45, 2.75) is 0 Å². The number of nitrogens with zero attached hydrogens (tertiary/aromatic N) is 4. The summed E-state index contributed by atoms with van der Waals surface area (Å²) in [5, 5.41) is 5.29. The van der Waals surface area contributed by atoms with Gasteiger partial charge in [0.25, 0.3) is 5.91 Å². The number of aromatic nitrogens is 3. The van der Waals surface area contributed by atoms with Crippen LogP contribution in [0.3, 0.4) is 0 Å². The lowest BCUT2D eigenvalue weighted by Crippen LogP contribution is -2.26. The quantitative estimate of drug-likeness (QED) is 0.690. The van der Waals surface area contributed by atoms with Crippen molar-refractivity contribution in [2.24, 2.45) is 0 Å². The maximum Gasteiger partial charge on any atom is 0.280 e. The van der Waals surface area contributed by atoms with Gasteiger partial charge in [-0.05, 0) is 0 Å². The Bertz CT molecular complexity index is 783. The molecule has 0 saturated heterocycles. The van der Waals surface area contributed by atoms with Gasteiger partial charge in [-0.1, -0.05) is 30.3 Å². The van der Waals surface area contributed by atoms with Crippen LogP contribution in [0.5, 0.6) is 0 Å². The van der Waals surface area contributed by atoms with Crippen LogP contribution in [0.4, 0.5) is 0 Å². The van der Waals surface area contributed by atoms with E-state index in [-0.39, 0.29) is 5.91 Å². The predicted molar refractivity (Wildman–Crippen MR) is 77.5 cm³/mol. The van der Waals surface area contributed by atoms with Crippen LogP contribution in [-0.2, 0) is 4.84 Å². The highest BCUT2D eigenvalue weighted by molar-refractivity contribution is 5.99. The zero-order chi connectivity index (χ0) is 14.8. The first-order chi connectivity index (χ1) is 10.2. The van der Waals surface area contributed by atoms with Crippen molar-refractivity contribution < 1.29 is 9.63 Å². The Morgan fingerprint density at radius 1 is 1.24 bits per heavy atom. The van der Waals surface area contributed by atoms with Gasteiger partial charge in [0, 0.05) is 24.9 Å². The van der Waals surface area contributed by atoms with E-state index in [0.29, 0.717) is 16.9 Å². The molecule has 6 nitrogen and oxygen atoms in total. The second kappa shape index (κ2) is 5.34. The van der Waals surface area contributed by atoms with Gasteiger partial charge in [-0.25, -0.2) is 14.6 Å². The number of rotatable bonds is 3. The summed E-state index contributed by atoms with van der Waals surface area (Å²) in [6.07, 6.45) is 3.31. The molecule has 0 bridgehead atoms. The molecule has 0 spiro atoms. The molecule has 0 unspecified atom stereocenters. The molecule has 1 aromatic carbocycles. The average molecular weight is 282 g/mol. The number of carbonyl (C=O) groups excluding carboxylic acids is 1. The van der Waals surface area contributed by atoms with Crippen LogP contribution in [0.2, 0.25) is 0 Å². The molecule has 2 aromatic heterocycles. The van der Waals surface area contributed by atoms with Gasteiger partial charge in [-0.2, -0.15) is 5.10 Å². The summed E-state index contributed by atoms with van der Waals surface area (Å²) in [6, 6.07) is 11.4. The Labute approximate surface area is 121 Å². The van der Waals surface area contributed by atoms with Crippen molar-refractivity contribution in [3.63, 3.8) is 0 Å². The fourth-order valence-corrected chi connectivity index (χ4v) is 2.08. The largest absolute Gasteiger partial charge is 0.280 e. The molecule has 0 aliphatic rings. The number of benzene rings is 1. The highest BCUT2D eigenvalue weighted by Gasteiger charge is 2.19. The van der Waals surface area contributed by atoms with Crippen molar-refractivity contribution >= 4 is 11.6 Å². The molecule has 1 amide bonds. The van der Waals surface area contributed by atoms with E-state index in [1.807, 2.05) is 30.3 Å². The maximum absolute atomic E-state index is 12.5. The molecule has 0 aliphatic heterocycles. The number of hydroxylamine groups is 2. The minimum atomic E-state index is -0.277. The number of hydrogen-bond donors (Lipinski definition) is 0. The molecule has 3 rings (SSSR count). The maximum atomic E-state index is 12.5. The summed E-state index contributed by atoms with van der Waals surface area (Å²) in [7, 11) is 3.00. The fraction of sp³-hybridized carbons (Fsp3) is 0.133. The molecule has 2 heterocycles. The average Bonchev–Trinajstić information content (AvgIpc) is 3.00. The van der Waals surface area contributed by atoms with Crippen molar-refractivity contribution in [3.05, 3.63) is 54.4 Å². The van der Waals surface area contributed by atoms with Gasteiger partial charge in [0.05, 0.1) is 24.6 Å². The van der Waals surface area contributed by atoms with E-state index in [1.54, 1.807) is 30.0 Å². The van der Waals surface area contributed by atoms with E-state index in [1.165, 1.54) is 12.2 Å². The van der Waals surface area contributed by atoms with Gasteiger partial charge < -0.3 is 0 Å². The predicted octanol–water partition coefficient (Wildman–Crippen LogP) is 2.03. The Balaban J connectivity index is 2.23. The van der Waals surface area contributed by atoms with E-state index in [4.69, 9.17) is 4.84 Å². The summed E-state index contributed by atoms with van der Waals surface area (Å²) in [6.45, 7) is 0. The lowest BCUT2D eigenvalue weighted by molar-refractivity contribution is -0.0757. The molecule has 0 N–H and O–H groups in total. The molecule has 0 fully saturated rings. The normalized spacial score (nSPS) is 10.8. The first-order valence-electron chi connectivity index (χ1n) is 6.42. The highest BCUT2D eigenvalue weighted by atomic mass is 16.7. The second-order valence-corrected chi connectivity index (χ2v) is 4.49. The Morgan fingerprint density at radius 2 is 2.00 bits per heavy atom. The third-order valence-corrected chi connectivity index (χ3v) is 3.22. The van der Waals surface area contributed by atoms with Crippen LogP contribution >= 0.6 is 0 Å². The first kappa shape index (κ1) is 13.3. The highest BCUT2D eigenvalue weighted by Crippen LogP contribution is 2.23. The molecular weight excluding hydrogens is 268 g/mol. The van der Waals surface area contributed by atoms with E-state index in [0.717, 1.165) is 5.56 Å². The summed E-state index contributed by atoms with van der Waals surface area (Å²) >= 11 is 0. The van der Waals surface area contributed by atoms with Crippen molar-refractivity contribution in [1.82, 2.24) is 19.7 Å². The van der Waals surface area contributed by atoms with Crippen LogP contribution in [0, 0.1) is 0 Å². The first-order valence-corrected chi connectivity index (χ1v) is 6.42. The van der Waals surface area contributed by atoms with E-state index < -0.39 is 0 Å². The number of hydrogen-bond acceptors (Lipinski definition) is 4. The lowest BCUT2D eigenvalue weighted by Gasteiger charge is -2.16. The van der Waals surface area contributed by atoms with Crippen molar-refractivity contribution in [2.75, 3.05) is 14.2 Å². The van der Waals surface area contributed by atoms with Crippen molar-refractivity contribution in [3.8, 4) is 11.3 Å². The summed E-state index contributed by atoms with van der Waals surface area (Å²) in [5.74, 6) is -0.277. The van der Waals surface area contributed by atoms with E-state index in [2.05, 4.69) is 10.1 Å². The minimum Gasteiger partial charge on any atom is -0.274 e. The standard InChI is InChI=1S/C15H14N4O2/c1-18(21-2)15(20)12-10-19-13(8-9-16-19)17-14(12)11-6-4-3-5-7-11/h3-10H,1-2H3. The number of carbonyl (C=O) groups is 1. The van der Waals surface area contributed by atoms with E-state index in [9.17, 15) is 4.79 Å². The lowest BCUT2D eigenvalue weighted by atomic mass is 10.1. The third kappa shape index (κ3) is 2.36. The molecule has 106 valence electrons.